The highest BCUT2D eigenvalue weighted by molar-refractivity contribution is 6.00. The van der Waals surface area contributed by atoms with Crippen LogP contribution >= 0.6 is 0 Å². The number of nitrogens with one attached hydrogen (secondary N) is 2. The minimum absolute atomic E-state index is 0.0673. The van der Waals surface area contributed by atoms with Crippen molar-refractivity contribution in [1.82, 2.24) is 15.5 Å². The van der Waals surface area contributed by atoms with Crippen LogP contribution in [-0.4, -0.2) is 48.9 Å². The Balaban J connectivity index is 1.39. The van der Waals surface area contributed by atoms with Crippen LogP contribution in [0, 0.1) is 50.7 Å². The van der Waals surface area contributed by atoms with E-state index in [0.717, 1.165) is 45.4 Å². The van der Waals surface area contributed by atoms with E-state index >= 15 is 0 Å². The molecule has 5 aliphatic carbocycles. The number of fused-ring (bicyclic) bond motifs is 7. The fourth-order valence-electron chi connectivity index (χ4n) is 12.2. The first-order chi connectivity index (χ1) is 18.7. The van der Waals surface area contributed by atoms with Gasteiger partial charge in [0.25, 0.3) is 0 Å². The Kier molecular flexibility index (Phi) is 6.70. The topological polar surface area (TPSA) is 61.4 Å². The molecule has 0 radical (unpaired) electrons. The third-order valence-corrected chi connectivity index (χ3v) is 14.4. The maximum absolute atomic E-state index is 13.6. The summed E-state index contributed by atoms with van der Waals surface area (Å²) in [4.78, 5) is 29.1. The first-order valence-electron chi connectivity index (χ1n) is 16.7. The number of hydrogen-bond acceptors (Lipinski definition) is 3. The Bertz CT molecular complexity index is 1100. The molecule has 0 aromatic heterocycles. The summed E-state index contributed by atoms with van der Waals surface area (Å²) in [6, 6.07) is 0.382. The summed E-state index contributed by atoms with van der Waals surface area (Å²) in [5.74, 6) is 2.46. The van der Waals surface area contributed by atoms with Crippen LogP contribution in [0.15, 0.2) is 11.1 Å². The quantitative estimate of drug-likeness (QED) is 0.390. The summed E-state index contributed by atoms with van der Waals surface area (Å²) in [5, 5.41) is 7.07. The van der Waals surface area contributed by atoms with Gasteiger partial charge in [-0.05, 0) is 108 Å². The zero-order chi connectivity index (χ0) is 28.9. The van der Waals surface area contributed by atoms with Crippen LogP contribution in [-0.2, 0) is 4.79 Å². The number of rotatable bonds is 2. The van der Waals surface area contributed by atoms with Gasteiger partial charge in [0, 0.05) is 38.6 Å². The van der Waals surface area contributed by atoms with Crippen molar-refractivity contribution in [3.8, 4) is 0 Å². The van der Waals surface area contributed by atoms with Gasteiger partial charge in [-0.1, -0.05) is 61.0 Å². The van der Waals surface area contributed by atoms with Gasteiger partial charge in [0.2, 0.25) is 0 Å². The molecule has 1 heterocycles. The minimum Gasteiger partial charge on any atom is -0.335 e. The van der Waals surface area contributed by atoms with Gasteiger partial charge in [0.05, 0.1) is 0 Å². The molecule has 5 fully saturated rings. The maximum Gasteiger partial charge on any atom is 0.317 e. The Labute approximate surface area is 244 Å². The molecule has 8 atom stereocenters. The number of carbonyl (C=O) groups excluding carboxylic acids is 2. The lowest BCUT2D eigenvalue weighted by atomic mass is 9.32. The first-order valence-corrected chi connectivity index (χ1v) is 16.7. The van der Waals surface area contributed by atoms with Gasteiger partial charge < -0.3 is 15.5 Å². The Hall–Kier alpha value is -1.36. The number of amides is 2. The lowest BCUT2D eigenvalue weighted by molar-refractivity contribution is -0.219. The number of hydrogen-bond donors (Lipinski definition) is 2. The number of piperazine rings is 1. The van der Waals surface area contributed by atoms with Crippen LogP contribution in [0.3, 0.4) is 0 Å². The molecule has 0 aromatic carbocycles. The third-order valence-electron chi connectivity index (χ3n) is 14.4. The summed E-state index contributed by atoms with van der Waals surface area (Å²) in [7, 11) is 0. The molecule has 6 rings (SSSR count). The zero-order valence-corrected chi connectivity index (χ0v) is 26.8. The fraction of sp³-hybridized carbons (Fsp3) is 0.886. The molecule has 1 saturated heterocycles. The van der Waals surface area contributed by atoms with E-state index in [9.17, 15) is 9.59 Å². The summed E-state index contributed by atoms with van der Waals surface area (Å²) >= 11 is 0. The minimum atomic E-state index is 0.0673. The molecular weight excluding hydrogens is 494 g/mol. The number of ketones is 1. The van der Waals surface area contributed by atoms with E-state index in [1.807, 2.05) is 4.90 Å². The molecule has 1 aliphatic heterocycles. The average Bonchev–Trinajstić information content (AvgIpc) is 3.17. The largest absolute Gasteiger partial charge is 0.335 e. The van der Waals surface area contributed by atoms with Gasteiger partial charge in [0.15, 0.2) is 5.78 Å². The lowest BCUT2D eigenvalue weighted by Gasteiger charge is -2.72. The summed E-state index contributed by atoms with van der Waals surface area (Å²) in [5.41, 5.74) is 3.60. The number of nitrogens with zero attached hydrogens (tertiary/aromatic N) is 1. The van der Waals surface area contributed by atoms with Crippen molar-refractivity contribution < 1.29 is 9.59 Å². The van der Waals surface area contributed by atoms with Gasteiger partial charge in [-0.15, -0.1) is 0 Å². The highest BCUT2D eigenvalue weighted by Crippen LogP contribution is 2.76. The van der Waals surface area contributed by atoms with Gasteiger partial charge in [-0.25, -0.2) is 4.79 Å². The SMILES string of the molecule is CC(C)C1=C2[C@H]3CC[C@@H]4[C@@]5(C)C(NC(=O)N6CCNCC6)CCC(C)(C)[C@@H]5CC[C@@]4(C)[C@]3(C)CC[C@@]2(C)CC1=O. The molecule has 2 amide bonds. The summed E-state index contributed by atoms with van der Waals surface area (Å²) in [6.07, 6.45) is 10.3. The zero-order valence-electron chi connectivity index (χ0n) is 26.8. The predicted octanol–water partition coefficient (Wildman–Crippen LogP) is 6.97. The van der Waals surface area contributed by atoms with Crippen molar-refractivity contribution in [1.29, 1.82) is 0 Å². The van der Waals surface area contributed by atoms with E-state index in [0.29, 0.717) is 34.9 Å². The van der Waals surface area contributed by atoms with Crippen LogP contribution in [0.25, 0.3) is 0 Å². The van der Waals surface area contributed by atoms with Gasteiger partial charge in [-0.3, -0.25) is 4.79 Å². The normalized spacial score (nSPS) is 46.4. The van der Waals surface area contributed by atoms with E-state index in [1.54, 1.807) is 5.57 Å². The van der Waals surface area contributed by atoms with Crippen LogP contribution in [0.1, 0.15) is 113 Å². The standard InChI is InChI=1S/C35H57N3O2/c1-22(2)28-24(39)21-32(5)15-16-33(6)23(29(28)32)9-10-26-34(33,7)14-11-25-31(3,4)13-12-27(35(25,26)8)37-30(40)38-19-17-36-18-20-38/h22-23,25-27,36H,9-21H2,1-8H3,(H,37,40)/t23-,25+,26+,27?,32+,33-,34-,35+/m1/s1. The van der Waals surface area contributed by atoms with E-state index in [2.05, 4.69) is 66.0 Å². The molecule has 224 valence electrons. The Morgan fingerprint density at radius 3 is 2.25 bits per heavy atom. The molecule has 5 nitrogen and oxygen atoms in total. The molecule has 2 N–H and O–H groups in total. The van der Waals surface area contributed by atoms with E-state index in [-0.39, 0.29) is 33.7 Å². The van der Waals surface area contributed by atoms with Crippen LogP contribution in [0.4, 0.5) is 4.79 Å². The van der Waals surface area contributed by atoms with E-state index < -0.39 is 0 Å². The highest BCUT2D eigenvalue weighted by Gasteiger charge is 2.70. The first kappa shape index (κ1) is 28.7. The monoisotopic (exact) mass is 551 g/mol. The molecule has 0 aromatic rings. The second-order valence-corrected chi connectivity index (χ2v) is 16.9. The molecule has 6 aliphatic rings. The fourth-order valence-corrected chi connectivity index (χ4v) is 12.2. The maximum atomic E-state index is 13.6. The van der Waals surface area contributed by atoms with Crippen LogP contribution < -0.4 is 10.6 Å². The molecule has 0 bridgehead atoms. The smallest absolute Gasteiger partial charge is 0.317 e. The average molecular weight is 552 g/mol. The summed E-state index contributed by atoms with van der Waals surface area (Å²) < 4.78 is 0. The van der Waals surface area contributed by atoms with Crippen molar-refractivity contribution in [2.45, 2.75) is 119 Å². The van der Waals surface area contributed by atoms with Crippen molar-refractivity contribution in [2.75, 3.05) is 26.2 Å². The Morgan fingerprint density at radius 1 is 0.875 bits per heavy atom. The molecular formula is C35H57N3O2. The van der Waals surface area contributed by atoms with Crippen molar-refractivity contribution in [2.24, 2.45) is 50.7 Å². The number of allylic oxidation sites excluding steroid dienone is 2. The van der Waals surface area contributed by atoms with Gasteiger partial charge in [-0.2, -0.15) is 0 Å². The van der Waals surface area contributed by atoms with Crippen LogP contribution in [0.5, 0.6) is 0 Å². The molecule has 40 heavy (non-hydrogen) atoms. The van der Waals surface area contributed by atoms with E-state index in [1.165, 1.54) is 44.1 Å². The second-order valence-electron chi connectivity index (χ2n) is 16.9. The lowest BCUT2D eigenvalue weighted by Crippen LogP contribution is -2.69. The van der Waals surface area contributed by atoms with Gasteiger partial charge in [0.1, 0.15) is 0 Å². The highest BCUT2D eigenvalue weighted by atomic mass is 16.2. The molecule has 0 spiro atoms. The predicted molar refractivity (Wildman–Crippen MR) is 162 cm³/mol. The molecule has 1 unspecified atom stereocenters. The second kappa shape index (κ2) is 9.32. The van der Waals surface area contributed by atoms with Crippen LogP contribution in [0.2, 0.25) is 0 Å². The van der Waals surface area contributed by atoms with Crippen molar-refractivity contribution in [3.63, 3.8) is 0 Å². The Morgan fingerprint density at radius 2 is 1.57 bits per heavy atom. The number of carbonyl (C=O) groups is 2. The van der Waals surface area contributed by atoms with E-state index in [4.69, 9.17) is 0 Å². The molecule has 4 saturated carbocycles. The summed E-state index contributed by atoms with van der Waals surface area (Å²) in [6.45, 7) is 23.2. The third kappa shape index (κ3) is 3.80. The van der Waals surface area contributed by atoms with Crippen molar-refractivity contribution in [3.05, 3.63) is 11.1 Å². The number of Topliss-reactive ketones (excluding diaryl/α,β-unsaturated/α-hetero) is 1. The van der Waals surface area contributed by atoms with Gasteiger partial charge >= 0.3 is 6.03 Å². The van der Waals surface area contributed by atoms with Crippen molar-refractivity contribution >= 4 is 11.8 Å². The number of urea groups is 1. The molecule has 5 heteroatoms.